The van der Waals surface area contributed by atoms with E-state index in [1.165, 1.54) is 6.07 Å². The highest BCUT2D eigenvalue weighted by Gasteiger charge is 2.07. The maximum absolute atomic E-state index is 13.2. The predicted octanol–water partition coefficient (Wildman–Crippen LogP) is 3.94. The van der Waals surface area contributed by atoms with Gasteiger partial charge in [0.05, 0.1) is 4.47 Å². The second kappa shape index (κ2) is 6.03. The van der Waals surface area contributed by atoms with Crippen LogP contribution in [0.15, 0.2) is 35.3 Å². The van der Waals surface area contributed by atoms with Crippen molar-refractivity contribution in [1.29, 1.82) is 0 Å². The van der Waals surface area contributed by atoms with Crippen LogP contribution in [0, 0.1) is 5.82 Å². The van der Waals surface area contributed by atoms with Crippen molar-refractivity contribution >= 4 is 15.9 Å². The number of unbranched alkanes of at least 4 members (excludes halogenated alkanes) is 1. The van der Waals surface area contributed by atoms with Crippen LogP contribution in [0.4, 0.5) is 4.39 Å². The van der Waals surface area contributed by atoms with Crippen LogP contribution < -0.4 is 5.73 Å². The molecule has 0 radical (unpaired) electrons. The molecule has 0 aliphatic heterocycles. The summed E-state index contributed by atoms with van der Waals surface area (Å²) in [6.45, 7) is 3.65. The Labute approximate surface area is 98.3 Å². The van der Waals surface area contributed by atoms with Crippen LogP contribution in [0.3, 0.4) is 0 Å². The molecule has 0 heterocycles. The van der Waals surface area contributed by atoms with Crippen LogP contribution in [0.1, 0.15) is 30.9 Å². The average molecular weight is 272 g/mol. The first-order valence-electron chi connectivity index (χ1n) is 4.96. The largest absolute Gasteiger partial charge is 0.324 e. The van der Waals surface area contributed by atoms with Gasteiger partial charge in [-0.2, -0.15) is 0 Å². The molecule has 3 heteroatoms. The van der Waals surface area contributed by atoms with E-state index in [1.807, 2.05) is 12.1 Å². The third kappa shape index (κ3) is 3.76. The van der Waals surface area contributed by atoms with E-state index < -0.39 is 0 Å². The van der Waals surface area contributed by atoms with E-state index in [0.717, 1.165) is 24.8 Å². The van der Waals surface area contributed by atoms with Gasteiger partial charge in [-0.05, 0) is 52.9 Å². The summed E-state index contributed by atoms with van der Waals surface area (Å²) >= 11 is 3.11. The minimum absolute atomic E-state index is 0.0902. The van der Waals surface area contributed by atoms with Crippen molar-refractivity contribution < 1.29 is 4.39 Å². The number of benzene rings is 1. The number of allylic oxidation sites excluding steroid dienone is 1. The Balaban J connectivity index is 2.61. The molecule has 1 aromatic rings. The van der Waals surface area contributed by atoms with E-state index in [-0.39, 0.29) is 11.9 Å². The van der Waals surface area contributed by atoms with Crippen LogP contribution in [0.5, 0.6) is 0 Å². The Kier molecular flexibility index (Phi) is 4.99. The molecule has 82 valence electrons. The summed E-state index contributed by atoms with van der Waals surface area (Å²) in [6, 6.07) is 4.94. The highest BCUT2D eigenvalue weighted by atomic mass is 79.9. The molecule has 0 aliphatic carbocycles. The quantitative estimate of drug-likeness (QED) is 0.637. The number of nitrogens with two attached hydrogens (primary N) is 1. The van der Waals surface area contributed by atoms with Crippen LogP contribution in [0.2, 0.25) is 0 Å². The Morgan fingerprint density at radius 3 is 2.87 bits per heavy atom. The summed E-state index contributed by atoms with van der Waals surface area (Å²) in [7, 11) is 0. The zero-order valence-electron chi connectivity index (χ0n) is 8.55. The smallest absolute Gasteiger partial charge is 0.137 e. The van der Waals surface area contributed by atoms with E-state index in [2.05, 4.69) is 22.5 Å². The molecule has 0 saturated carbocycles. The van der Waals surface area contributed by atoms with Crippen LogP contribution in [-0.2, 0) is 0 Å². The molecule has 1 rings (SSSR count). The third-order valence-corrected chi connectivity index (χ3v) is 2.94. The van der Waals surface area contributed by atoms with E-state index in [4.69, 9.17) is 5.73 Å². The molecule has 0 spiro atoms. The van der Waals surface area contributed by atoms with Crippen molar-refractivity contribution in [2.24, 2.45) is 5.73 Å². The number of halogens is 2. The van der Waals surface area contributed by atoms with Gasteiger partial charge in [0, 0.05) is 6.04 Å². The van der Waals surface area contributed by atoms with Gasteiger partial charge in [0.1, 0.15) is 5.82 Å². The van der Waals surface area contributed by atoms with Crippen molar-refractivity contribution in [3.8, 4) is 0 Å². The summed E-state index contributed by atoms with van der Waals surface area (Å²) in [5, 5.41) is 0. The first-order chi connectivity index (χ1) is 7.15. The predicted molar refractivity (Wildman–Crippen MR) is 65.1 cm³/mol. The van der Waals surface area contributed by atoms with Crippen molar-refractivity contribution in [1.82, 2.24) is 0 Å². The van der Waals surface area contributed by atoms with Gasteiger partial charge >= 0.3 is 0 Å². The van der Waals surface area contributed by atoms with Gasteiger partial charge < -0.3 is 5.73 Å². The number of rotatable bonds is 5. The Bertz CT molecular complexity index is 338. The normalized spacial score (nSPS) is 12.5. The van der Waals surface area contributed by atoms with Gasteiger partial charge in [-0.15, -0.1) is 6.58 Å². The lowest BCUT2D eigenvalue weighted by Gasteiger charge is -2.11. The van der Waals surface area contributed by atoms with E-state index in [9.17, 15) is 4.39 Å². The minimum atomic E-state index is -0.258. The zero-order valence-corrected chi connectivity index (χ0v) is 10.1. The molecule has 1 unspecified atom stereocenters. The second-order valence-corrected chi connectivity index (χ2v) is 4.35. The molecule has 0 amide bonds. The van der Waals surface area contributed by atoms with Gasteiger partial charge in [0.2, 0.25) is 0 Å². The lowest BCUT2D eigenvalue weighted by atomic mass is 10.0. The zero-order chi connectivity index (χ0) is 11.3. The summed E-state index contributed by atoms with van der Waals surface area (Å²) < 4.78 is 13.7. The van der Waals surface area contributed by atoms with Crippen LogP contribution in [0.25, 0.3) is 0 Å². The maximum atomic E-state index is 13.2. The molecule has 0 fully saturated rings. The van der Waals surface area contributed by atoms with E-state index in [1.54, 1.807) is 6.07 Å². The van der Waals surface area contributed by atoms with E-state index in [0.29, 0.717) is 4.47 Å². The molecule has 0 aliphatic rings. The van der Waals surface area contributed by atoms with Gasteiger partial charge in [-0.3, -0.25) is 0 Å². The second-order valence-electron chi connectivity index (χ2n) is 3.50. The molecule has 15 heavy (non-hydrogen) atoms. The summed E-state index contributed by atoms with van der Waals surface area (Å²) in [6.07, 6.45) is 4.66. The molecule has 0 saturated heterocycles. The fourth-order valence-corrected chi connectivity index (χ4v) is 1.64. The standard InChI is InChI=1S/C12H15BrFN/c1-2-3-4-5-12(15)9-6-7-10(13)11(14)8-9/h2,6-8,12H,1,3-5,15H2. The van der Waals surface area contributed by atoms with Crippen molar-refractivity contribution in [2.45, 2.75) is 25.3 Å². The van der Waals surface area contributed by atoms with E-state index >= 15 is 0 Å². The van der Waals surface area contributed by atoms with Crippen molar-refractivity contribution in [3.63, 3.8) is 0 Å². The highest BCUT2D eigenvalue weighted by Crippen LogP contribution is 2.22. The summed E-state index contributed by atoms with van der Waals surface area (Å²) in [5.41, 5.74) is 6.79. The minimum Gasteiger partial charge on any atom is -0.324 e. The van der Waals surface area contributed by atoms with Gasteiger partial charge in [0.25, 0.3) is 0 Å². The highest BCUT2D eigenvalue weighted by molar-refractivity contribution is 9.10. The molecular formula is C12H15BrFN. The van der Waals surface area contributed by atoms with Crippen LogP contribution >= 0.6 is 15.9 Å². The van der Waals surface area contributed by atoms with Gasteiger partial charge in [-0.1, -0.05) is 12.1 Å². The van der Waals surface area contributed by atoms with Crippen molar-refractivity contribution in [3.05, 3.63) is 46.7 Å². The summed E-state index contributed by atoms with van der Waals surface area (Å²) in [5.74, 6) is -0.258. The number of hydrogen-bond donors (Lipinski definition) is 1. The van der Waals surface area contributed by atoms with Crippen LogP contribution in [-0.4, -0.2) is 0 Å². The molecule has 2 N–H and O–H groups in total. The molecule has 0 aromatic heterocycles. The topological polar surface area (TPSA) is 26.0 Å². The monoisotopic (exact) mass is 271 g/mol. The molecule has 1 nitrogen and oxygen atoms in total. The first-order valence-corrected chi connectivity index (χ1v) is 5.76. The Morgan fingerprint density at radius 2 is 2.27 bits per heavy atom. The SMILES string of the molecule is C=CCCCC(N)c1ccc(Br)c(F)c1. The fraction of sp³-hybridized carbons (Fsp3) is 0.333. The summed E-state index contributed by atoms with van der Waals surface area (Å²) in [4.78, 5) is 0. The number of hydrogen-bond acceptors (Lipinski definition) is 1. The molecular weight excluding hydrogens is 257 g/mol. The molecule has 1 atom stereocenters. The van der Waals surface area contributed by atoms with Crippen molar-refractivity contribution in [2.75, 3.05) is 0 Å². The average Bonchev–Trinajstić information content (AvgIpc) is 2.22. The molecule has 0 bridgehead atoms. The van der Waals surface area contributed by atoms with Gasteiger partial charge in [0.15, 0.2) is 0 Å². The first kappa shape index (κ1) is 12.4. The fourth-order valence-electron chi connectivity index (χ4n) is 1.39. The molecule has 1 aromatic carbocycles. The van der Waals surface area contributed by atoms with Gasteiger partial charge in [-0.25, -0.2) is 4.39 Å². The lowest BCUT2D eigenvalue weighted by molar-refractivity contribution is 0.593. The maximum Gasteiger partial charge on any atom is 0.137 e. The Morgan fingerprint density at radius 1 is 1.53 bits per heavy atom. The third-order valence-electron chi connectivity index (χ3n) is 2.30. The lowest BCUT2D eigenvalue weighted by Crippen LogP contribution is -2.10. The Hall–Kier alpha value is -0.670.